The molecule has 2 heteroatoms. The van der Waals surface area contributed by atoms with E-state index in [1.807, 2.05) is 23.0 Å². The van der Waals surface area contributed by atoms with Gasteiger partial charge in [0.2, 0.25) is 0 Å². The summed E-state index contributed by atoms with van der Waals surface area (Å²) in [7, 11) is 0. The summed E-state index contributed by atoms with van der Waals surface area (Å²) in [5.41, 5.74) is 0. The Labute approximate surface area is 59.1 Å². The molecule has 0 aromatic rings. The predicted molar refractivity (Wildman–Crippen MR) is 39.5 cm³/mol. The van der Waals surface area contributed by atoms with Crippen molar-refractivity contribution >= 4 is 23.0 Å². The summed E-state index contributed by atoms with van der Waals surface area (Å²) in [6.45, 7) is 4.24. The van der Waals surface area contributed by atoms with Crippen molar-refractivity contribution in [3.8, 4) is 0 Å². The Morgan fingerprint density at radius 3 is 2.43 bits per heavy atom. The van der Waals surface area contributed by atoms with Crippen molar-refractivity contribution in [1.82, 2.24) is 0 Å². The Balaban J connectivity index is 2.83. The molecule has 0 aliphatic rings. The van der Waals surface area contributed by atoms with Gasteiger partial charge in [-0.15, -0.1) is 0 Å². The molecule has 0 aromatic heterocycles. The Bertz CT molecular complexity index is 39.1. The highest BCUT2D eigenvalue weighted by atomic mass is 127. The van der Waals surface area contributed by atoms with Crippen LogP contribution in [-0.2, 0) is 3.07 Å². The van der Waals surface area contributed by atoms with Crippen molar-refractivity contribution < 1.29 is 3.07 Å². The van der Waals surface area contributed by atoms with Gasteiger partial charge >= 0.3 is 0 Å². The van der Waals surface area contributed by atoms with E-state index in [-0.39, 0.29) is 0 Å². The van der Waals surface area contributed by atoms with Gasteiger partial charge < -0.3 is 3.07 Å². The number of halogens is 1. The molecular formula is C5H11IO. The smallest absolute Gasteiger partial charge is 0.110 e. The molecule has 0 aliphatic heterocycles. The zero-order valence-electron chi connectivity index (χ0n) is 4.78. The topological polar surface area (TPSA) is 9.23 Å². The highest BCUT2D eigenvalue weighted by molar-refractivity contribution is 14.1. The molecule has 1 unspecified atom stereocenters. The molecule has 0 N–H and O–H groups in total. The molecule has 7 heavy (non-hydrogen) atoms. The summed E-state index contributed by atoms with van der Waals surface area (Å²) in [6.07, 6.45) is 2.82. The van der Waals surface area contributed by atoms with Crippen molar-refractivity contribution in [3.05, 3.63) is 0 Å². The summed E-state index contributed by atoms with van der Waals surface area (Å²) in [5, 5.41) is 0. The van der Waals surface area contributed by atoms with E-state index in [1.165, 1.54) is 12.8 Å². The van der Waals surface area contributed by atoms with Crippen molar-refractivity contribution in [1.29, 1.82) is 0 Å². The Morgan fingerprint density at radius 1 is 1.71 bits per heavy atom. The van der Waals surface area contributed by atoms with Crippen LogP contribution in [0.25, 0.3) is 0 Å². The second-order valence-corrected chi connectivity index (χ2v) is 2.20. The van der Waals surface area contributed by atoms with Crippen LogP contribution in [0.1, 0.15) is 26.7 Å². The van der Waals surface area contributed by atoms with Gasteiger partial charge in [0.25, 0.3) is 0 Å². The first-order chi connectivity index (χ1) is 3.31. The van der Waals surface area contributed by atoms with Crippen molar-refractivity contribution in [2.45, 2.75) is 32.8 Å². The van der Waals surface area contributed by atoms with Crippen LogP contribution < -0.4 is 0 Å². The Hall–Kier alpha value is 0.690. The molecule has 0 heterocycles. The maximum atomic E-state index is 4.96. The van der Waals surface area contributed by atoms with Gasteiger partial charge in [-0.05, 0) is 13.3 Å². The first-order valence-electron chi connectivity index (χ1n) is 2.58. The lowest BCUT2D eigenvalue weighted by atomic mass is 10.2. The van der Waals surface area contributed by atoms with Gasteiger partial charge in [0, 0.05) is 0 Å². The molecule has 0 bridgehead atoms. The quantitative estimate of drug-likeness (QED) is 0.656. The zero-order chi connectivity index (χ0) is 5.70. The maximum absolute atomic E-state index is 4.96. The average Bonchev–Trinajstić information content (AvgIpc) is 1.68. The third-order valence-electron chi connectivity index (χ3n) is 0.847. The first kappa shape index (κ1) is 7.69. The summed E-state index contributed by atoms with van der Waals surface area (Å²) < 4.78 is 4.96. The van der Waals surface area contributed by atoms with Gasteiger partial charge in [0.1, 0.15) is 23.0 Å². The van der Waals surface area contributed by atoms with E-state index in [9.17, 15) is 0 Å². The highest BCUT2D eigenvalue weighted by Gasteiger charge is 1.94. The molecule has 1 atom stereocenters. The molecule has 0 aromatic carbocycles. The third kappa shape index (κ3) is 4.55. The lowest BCUT2D eigenvalue weighted by Crippen LogP contribution is -1.98. The number of hydrogen-bond acceptors (Lipinski definition) is 1. The van der Waals surface area contributed by atoms with E-state index in [0.717, 1.165) is 0 Å². The van der Waals surface area contributed by atoms with Gasteiger partial charge in [0.05, 0.1) is 6.10 Å². The van der Waals surface area contributed by atoms with Gasteiger partial charge in [-0.1, -0.05) is 13.3 Å². The van der Waals surface area contributed by atoms with Crippen molar-refractivity contribution in [2.24, 2.45) is 0 Å². The Kier molecular flexibility index (Phi) is 5.32. The van der Waals surface area contributed by atoms with Crippen LogP contribution >= 0.6 is 23.0 Å². The van der Waals surface area contributed by atoms with Crippen LogP contribution in [0.3, 0.4) is 0 Å². The molecule has 0 rings (SSSR count). The van der Waals surface area contributed by atoms with Crippen LogP contribution in [-0.4, -0.2) is 6.10 Å². The van der Waals surface area contributed by atoms with Crippen LogP contribution in [0, 0.1) is 0 Å². The lowest BCUT2D eigenvalue weighted by molar-refractivity contribution is 0.290. The van der Waals surface area contributed by atoms with E-state index >= 15 is 0 Å². The molecule has 0 aliphatic carbocycles. The largest absolute Gasteiger partial charge is 0.313 e. The van der Waals surface area contributed by atoms with Gasteiger partial charge in [-0.3, -0.25) is 0 Å². The minimum Gasteiger partial charge on any atom is -0.313 e. The second kappa shape index (κ2) is 4.84. The monoisotopic (exact) mass is 214 g/mol. The fraction of sp³-hybridized carbons (Fsp3) is 1.00. The second-order valence-electron chi connectivity index (χ2n) is 1.69. The molecule has 0 fully saturated rings. The third-order valence-corrected chi connectivity index (χ3v) is 1.72. The molecule has 44 valence electrons. The molecule has 0 saturated carbocycles. The maximum Gasteiger partial charge on any atom is 0.110 e. The molecule has 1 nitrogen and oxygen atoms in total. The molecule has 0 radical (unpaired) electrons. The van der Waals surface area contributed by atoms with E-state index in [1.54, 1.807) is 0 Å². The van der Waals surface area contributed by atoms with Gasteiger partial charge in [-0.2, -0.15) is 0 Å². The van der Waals surface area contributed by atoms with E-state index in [4.69, 9.17) is 3.07 Å². The van der Waals surface area contributed by atoms with Crippen molar-refractivity contribution in [2.75, 3.05) is 0 Å². The number of rotatable bonds is 3. The molecule has 0 amide bonds. The Morgan fingerprint density at radius 2 is 2.29 bits per heavy atom. The summed E-state index contributed by atoms with van der Waals surface area (Å²) >= 11 is 1.94. The van der Waals surface area contributed by atoms with E-state index in [0.29, 0.717) is 6.10 Å². The van der Waals surface area contributed by atoms with Gasteiger partial charge in [0.15, 0.2) is 0 Å². The average molecular weight is 214 g/mol. The van der Waals surface area contributed by atoms with Gasteiger partial charge in [-0.25, -0.2) is 0 Å². The van der Waals surface area contributed by atoms with E-state index in [2.05, 4.69) is 13.8 Å². The van der Waals surface area contributed by atoms with Crippen LogP contribution in [0.5, 0.6) is 0 Å². The molecule has 0 spiro atoms. The van der Waals surface area contributed by atoms with Crippen LogP contribution in [0.15, 0.2) is 0 Å². The molecule has 0 saturated heterocycles. The minimum atomic E-state index is 0.436. The fourth-order valence-electron chi connectivity index (χ4n) is 0.451. The zero-order valence-corrected chi connectivity index (χ0v) is 6.94. The standard InChI is InChI=1S/C5H11IO/c1-3-4-5(2)7-6/h5H,3-4H2,1-2H3. The fourth-order valence-corrected chi connectivity index (χ4v) is 0.705. The molecular weight excluding hydrogens is 203 g/mol. The highest BCUT2D eigenvalue weighted by Crippen LogP contribution is 2.03. The number of hydrogen-bond donors (Lipinski definition) is 0. The summed E-state index contributed by atoms with van der Waals surface area (Å²) in [4.78, 5) is 0. The van der Waals surface area contributed by atoms with E-state index < -0.39 is 0 Å². The summed E-state index contributed by atoms with van der Waals surface area (Å²) in [6, 6.07) is 0. The van der Waals surface area contributed by atoms with Crippen LogP contribution in [0.2, 0.25) is 0 Å². The van der Waals surface area contributed by atoms with Crippen LogP contribution in [0.4, 0.5) is 0 Å². The van der Waals surface area contributed by atoms with Crippen molar-refractivity contribution in [3.63, 3.8) is 0 Å². The SMILES string of the molecule is CCCC(C)OI. The minimum absolute atomic E-state index is 0.436. The summed E-state index contributed by atoms with van der Waals surface area (Å²) in [5.74, 6) is 0. The normalized spacial score (nSPS) is 14.1. The lowest BCUT2D eigenvalue weighted by Gasteiger charge is -2.02. The first-order valence-corrected chi connectivity index (χ1v) is 3.46. The predicted octanol–water partition coefficient (Wildman–Crippen LogP) is 2.54.